The minimum atomic E-state index is -3.64. The maximum Gasteiger partial charge on any atom is 0.243 e. The summed E-state index contributed by atoms with van der Waals surface area (Å²) >= 11 is 6.12. The highest BCUT2D eigenvalue weighted by atomic mass is 35.5. The molecule has 35 heavy (non-hydrogen) atoms. The normalized spacial score (nSPS) is 15.2. The summed E-state index contributed by atoms with van der Waals surface area (Å²) in [6, 6.07) is 13.0. The van der Waals surface area contributed by atoms with Crippen molar-refractivity contribution in [3.8, 4) is 5.75 Å². The van der Waals surface area contributed by atoms with Gasteiger partial charge in [-0.05, 0) is 48.7 Å². The molecule has 192 valence electrons. The Morgan fingerprint density at radius 2 is 1.69 bits per heavy atom. The highest BCUT2D eigenvalue weighted by molar-refractivity contribution is 7.89. The highest BCUT2D eigenvalue weighted by Crippen LogP contribution is 2.23. The second kappa shape index (κ2) is 12.2. The van der Waals surface area contributed by atoms with Crippen LogP contribution in [0.2, 0.25) is 5.02 Å². The van der Waals surface area contributed by atoms with Crippen molar-refractivity contribution in [1.82, 2.24) is 13.9 Å². The lowest BCUT2D eigenvalue weighted by molar-refractivity contribution is -0.121. The number of carbonyl (C=O) groups excluding carboxylic acids is 1. The highest BCUT2D eigenvalue weighted by Gasteiger charge is 2.26. The molecule has 3 rings (SSSR count). The summed E-state index contributed by atoms with van der Waals surface area (Å²) in [5.74, 6) is -0.0117. The van der Waals surface area contributed by atoms with Gasteiger partial charge >= 0.3 is 0 Å². The van der Waals surface area contributed by atoms with E-state index < -0.39 is 26.0 Å². The molecule has 1 aliphatic heterocycles. The molecule has 0 radical (unpaired) electrons. The van der Waals surface area contributed by atoms with Crippen LogP contribution in [-0.2, 0) is 31.4 Å². The fraction of sp³-hybridized carbons (Fsp3) is 0.435. The Morgan fingerprint density at radius 3 is 2.31 bits per heavy atom. The molecule has 0 bridgehead atoms. The van der Waals surface area contributed by atoms with Crippen LogP contribution in [0.25, 0.3) is 0 Å². The maximum absolute atomic E-state index is 12.7. The van der Waals surface area contributed by atoms with Crippen LogP contribution in [0.4, 0.5) is 0 Å². The molecule has 0 aromatic heterocycles. The van der Waals surface area contributed by atoms with E-state index in [9.17, 15) is 21.6 Å². The van der Waals surface area contributed by atoms with Gasteiger partial charge in [-0.2, -0.15) is 8.61 Å². The van der Waals surface area contributed by atoms with E-state index in [0.29, 0.717) is 29.4 Å². The molecule has 1 aliphatic rings. The molecule has 0 unspecified atom stereocenters. The van der Waals surface area contributed by atoms with Crippen molar-refractivity contribution in [2.75, 3.05) is 39.0 Å². The average molecular weight is 544 g/mol. The predicted molar refractivity (Wildman–Crippen MR) is 134 cm³/mol. The minimum absolute atomic E-state index is 0.0187. The third kappa shape index (κ3) is 7.91. The summed E-state index contributed by atoms with van der Waals surface area (Å²) in [6.07, 6.45) is 3.82. The first-order chi connectivity index (χ1) is 16.6. The van der Waals surface area contributed by atoms with Crippen LogP contribution in [0.15, 0.2) is 53.4 Å². The molecule has 0 aliphatic carbocycles. The fourth-order valence-corrected chi connectivity index (χ4v) is 6.08. The van der Waals surface area contributed by atoms with E-state index in [-0.39, 0.29) is 31.1 Å². The predicted octanol–water partition coefficient (Wildman–Crippen LogP) is 2.47. The summed E-state index contributed by atoms with van der Waals surface area (Å²) in [5, 5.41) is 3.05. The van der Waals surface area contributed by atoms with Crippen LogP contribution in [-0.4, -0.2) is 70.4 Å². The number of nitrogens with zero attached hydrogens (tertiary/aromatic N) is 2. The topological polar surface area (TPSA) is 113 Å². The monoisotopic (exact) mass is 543 g/mol. The Morgan fingerprint density at radius 1 is 1.03 bits per heavy atom. The van der Waals surface area contributed by atoms with Gasteiger partial charge in [-0.25, -0.2) is 16.8 Å². The van der Waals surface area contributed by atoms with Crippen LogP contribution in [0.1, 0.15) is 24.8 Å². The number of halogens is 1. The average Bonchev–Trinajstić information content (AvgIpc) is 2.83. The van der Waals surface area contributed by atoms with Crippen LogP contribution in [0.3, 0.4) is 0 Å². The SMILES string of the molecule is CS(=O)(=O)N(CC(=O)NCCOc1ccc(S(=O)(=O)N2CCCCC2)cc1)Cc1ccccc1Cl. The van der Waals surface area contributed by atoms with Gasteiger partial charge in [0.2, 0.25) is 26.0 Å². The standard InChI is InChI=1S/C23H30ClN3O6S2/c1-34(29,30)27(17-19-7-3-4-8-22(19)24)18-23(28)25-13-16-33-20-9-11-21(12-10-20)35(31,32)26-14-5-2-6-15-26/h3-4,7-12H,2,5-6,13-18H2,1H3,(H,25,28). The first-order valence-electron chi connectivity index (χ1n) is 11.3. The van der Waals surface area contributed by atoms with Gasteiger partial charge in [-0.3, -0.25) is 4.79 Å². The molecule has 12 heteroatoms. The van der Waals surface area contributed by atoms with E-state index in [4.69, 9.17) is 16.3 Å². The molecule has 0 spiro atoms. The zero-order chi connectivity index (χ0) is 25.5. The number of hydrogen-bond donors (Lipinski definition) is 1. The molecule has 2 aromatic rings. The van der Waals surface area contributed by atoms with Crippen molar-refractivity contribution in [2.45, 2.75) is 30.7 Å². The van der Waals surface area contributed by atoms with Crippen molar-refractivity contribution < 1.29 is 26.4 Å². The van der Waals surface area contributed by atoms with E-state index in [1.807, 2.05) is 0 Å². The summed E-state index contributed by atoms with van der Waals surface area (Å²) in [7, 11) is -7.15. The molecule has 2 aromatic carbocycles. The number of ether oxygens (including phenoxy) is 1. The minimum Gasteiger partial charge on any atom is -0.492 e. The van der Waals surface area contributed by atoms with Gasteiger partial charge in [0.05, 0.1) is 24.2 Å². The number of sulfonamides is 2. The van der Waals surface area contributed by atoms with Crippen molar-refractivity contribution >= 4 is 37.6 Å². The van der Waals surface area contributed by atoms with Gasteiger partial charge in [0.1, 0.15) is 12.4 Å². The summed E-state index contributed by atoms with van der Waals surface area (Å²) < 4.78 is 57.8. The van der Waals surface area contributed by atoms with Crippen molar-refractivity contribution in [3.05, 3.63) is 59.1 Å². The third-order valence-electron chi connectivity index (χ3n) is 5.56. The zero-order valence-corrected chi connectivity index (χ0v) is 21.9. The second-order valence-corrected chi connectivity index (χ2v) is 12.6. The molecule has 9 nitrogen and oxygen atoms in total. The van der Waals surface area contributed by atoms with E-state index in [1.165, 1.54) is 16.4 Å². The first kappa shape index (κ1) is 27.4. The second-order valence-electron chi connectivity index (χ2n) is 8.26. The van der Waals surface area contributed by atoms with Crippen LogP contribution >= 0.6 is 11.6 Å². The molecule has 1 fully saturated rings. The molecule has 1 amide bonds. The van der Waals surface area contributed by atoms with Crippen molar-refractivity contribution in [1.29, 1.82) is 0 Å². The van der Waals surface area contributed by atoms with E-state index in [0.717, 1.165) is 29.8 Å². The molecule has 0 saturated carbocycles. The van der Waals surface area contributed by atoms with Gasteiger partial charge in [0.15, 0.2) is 0 Å². The number of carbonyl (C=O) groups is 1. The Hall–Kier alpha value is -2.18. The zero-order valence-electron chi connectivity index (χ0n) is 19.5. The Balaban J connectivity index is 1.47. The number of hydrogen-bond acceptors (Lipinski definition) is 6. The third-order valence-corrected chi connectivity index (χ3v) is 9.04. The van der Waals surface area contributed by atoms with Gasteiger partial charge in [-0.15, -0.1) is 0 Å². The number of rotatable bonds is 11. The van der Waals surface area contributed by atoms with Crippen LogP contribution < -0.4 is 10.1 Å². The molecule has 0 atom stereocenters. The number of amides is 1. The quantitative estimate of drug-likeness (QED) is 0.436. The fourth-order valence-electron chi connectivity index (χ4n) is 3.64. The molecule has 1 heterocycles. The van der Waals surface area contributed by atoms with E-state index >= 15 is 0 Å². The Bertz CT molecular complexity index is 1210. The number of piperidine rings is 1. The first-order valence-corrected chi connectivity index (χ1v) is 14.9. The summed E-state index contributed by atoms with van der Waals surface area (Å²) in [6.45, 7) is 0.983. The van der Waals surface area contributed by atoms with Gasteiger partial charge in [-0.1, -0.05) is 36.2 Å². The Labute approximate surface area is 212 Å². The Kier molecular flexibility index (Phi) is 9.54. The summed E-state index contributed by atoms with van der Waals surface area (Å²) in [4.78, 5) is 12.5. The smallest absolute Gasteiger partial charge is 0.243 e. The lowest BCUT2D eigenvalue weighted by Crippen LogP contribution is -2.41. The number of benzene rings is 2. The molecule has 1 saturated heterocycles. The molecular formula is C23H30ClN3O6S2. The maximum atomic E-state index is 12.7. The van der Waals surface area contributed by atoms with Crippen LogP contribution in [0, 0.1) is 0 Å². The van der Waals surface area contributed by atoms with E-state index in [1.54, 1.807) is 36.4 Å². The number of nitrogens with one attached hydrogen (secondary N) is 1. The van der Waals surface area contributed by atoms with Gasteiger partial charge < -0.3 is 10.1 Å². The lowest BCUT2D eigenvalue weighted by atomic mass is 10.2. The lowest BCUT2D eigenvalue weighted by Gasteiger charge is -2.25. The summed E-state index contributed by atoms with van der Waals surface area (Å²) in [5.41, 5.74) is 0.599. The van der Waals surface area contributed by atoms with Crippen molar-refractivity contribution in [3.63, 3.8) is 0 Å². The van der Waals surface area contributed by atoms with Crippen LogP contribution in [0.5, 0.6) is 5.75 Å². The largest absolute Gasteiger partial charge is 0.492 e. The molecule has 1 N–H and O–H groups in total. The van der Waals surface area contributed by atoms with Gasteiger partial charge in [0, 0.05) is 24.7 Å². The van der Waals surface area contributed by atoms with Gasteiger partial charge in [0.25, 0.3) is 0 Å². The van der Waals surface area contributed by atoms with E-state index in [2.05, 4.69) is 5.32 Å². The molecular weight excluding hydrogens is 514 g/mol. The van der Waals surface area contributed by atoms with Crippen molar-refractivity contribution in [2.24, 2.45) is 0 Å².